The van der Waals surface area contributed by atoms with E-state index in [0.29, 0.717) is 31.8 Å². The van der Waals surface area contributed by atoms with Gasteiger partial charge in [-0.05, 0) is 33.0 Å². The lowest BCUT2D eigenvalue weighted by molar-refractivity contribution is -0.124. The van der Waals surface area contributed by atoms with E-state index in [2.05, 4.69) is 41.6 Å². The summed E-state index contributed by atoms with van der Waals surface area (Å²) in [6, 6.07) is 3.63. The van der Waals surface area contributed by atoms with E-state index in [1.807, 2.05) is 6.07 Å². The van der Waals surface area contributed by atoms with Crippen molar-refractivity contribution < 1.29 is 24.2 Å². The Hall–Kier alpha value is -1.64. The van der Waals surface area contributed by atoms with Crippen LogP contribution < -0.4 is 0 Å². The first-order valence-corrected chi connectivity index (χ1v) is 10.3. The van der Waals surface area contributed by atoms with Crippen LogP contribution in [-0.2, 0) is 16.1 Å². The number of fused-ring (bicyclic) bond motifs is 2. The zero-order valence-electron chi connectivity index (χ0n) is 16.3. The molecule has 2 saturated heterocycles. The largest absolute Gasteiger partial charge is 0.465 e. The molecule has 0 spiro atoms. The number of amides is 1. The summed E-state index contributed by atoms with van der Waals surface area (Å²) in [7, 11) is 0. The lowest BCUT2D eigenvalue weighted by Crippen LogP contribution is -2.68. The number of hydrogen-bond donors (Lipinski definition) is 1. The van der Waals surface area contributed by atoms with Gasteiger partial charge in [0.05, 0.1) is 30.4 Å². The summed E-state index contributed by atoms with van der Waals surface area (Å²) in [6.45, 7) is 8.86. The molecule has 2 fully saturated rings. The van der Waals surface area contributed by atoms with Crippen LogP contribution in [0.4, 0.5) is 4.79 Å². The van der Waals surface area contributed by atoms with Gasteiger partial charge in [0.1, 0.15) is 6.61 Å². The first-order valence-electron chi connectivity index (χ1n) is 9.52. The second-order valence-corrected chi connectivity index (χ2v) is 9.54. The van der Waals surface area contributed by atoms with Crippen LogP contribution in [-0.4, -0.2) is 65.3 Å². The van der Waals surface area contributed by atoms with Crippen LogP contribution in [0.2, 0.25) is 0 Å². The van der Waals surface area contributed by atoms with Crippen LogP contribution >= 0.6 is 15.9 Å². The molecule has 28 heavy (non-hydrogen) atoms. The molecule has 0 bridgehead atoms. The van der Waals surface area contributed by atoms with Crippen LogP contribution in [0.1, 0.15) is 48.4 Å². The highest BCUT2D eigenvalue weighted by Gasteiger charge is 2.47. The number of nitrogens with zero attached hydrogens (tertiary/aromatic N) is 2. The number of carbonyl (C=O) groups excluding carboxylic acids is 1. The third-order valence-electron chi connectivity index (χ3n) is 5.99. The van der Waals surface area contributed by atoms with Crippen molar-refractivity contribution in [3.05, 3.63) is 33.3 Å². The van der Waals surface area contributed by atoms with Crippen molar-refractivity contribution in [3.63, 3.8) is 0 Å². The summed E-state index contributed by atoms with van der Waals surface area (Å²) >= 11 is 3.64. The minimum Gasteiger partial charge on any atom is -0.465 e. The second kappa shape index (κ2) is 7.00. The van der Waals surface area contributed by atoms with Crippen molar-refractivity contribution in [2.75, 3.05) is 26.2 Å². The number of halogens is 1. The molecule has 2 unspecified atom stereocenters. The van der Waals surface area contributed by atoms with Gasteiger partial charge in [-0.1, -0.05) is 26.8 Å². The van der Waals surface area contributed by atoms with Gasteiger partial charge in [0.25, 0.3) is 0 Å². The predicted molar refractivity (Wildman–Crippen MR) is 105 cm³/mol. The SMILES string of the molecule is CC(C)(C)[C@@H]1C2COC(c3ccc4c(c3Br)COC4=O)CN2CCN1C(=O)O. The minimum atomic E-state index is -0.868. The maximum absolute atomic E-state index is 11.8. The van der Waals surface area contributed by atoms with Crippen LogP contribution in [0.3, 0.4) is 0 Å². The highest BCUT2D eigenvalue weighted by molar-refractivity contribution is 9.10. The Bertz CT molecular complexity index is 822. The van der Waals surface area contributed by atoms with Gasteiger partial charge in [0.2, 0.25) is 0 Å². The van der Waals surface area contributed by atoms with Crippen molar-refractivity contribution in [3.8, 4) is 0 Å². The second-order valence-electron chi connectivity index (χ2n) is 8.74. The standard InChI is InChI=1S/C20H25BrN2O5/c1-20(2,3)17-14-10-27-15(8-22(14)6-7-23(17)19(25)26)12-5-4-11-13(16(12)21)9-28-18(11)24/h4-5,14-15,17H,6-10H2,1-3H3,(H,25,26)/t14?,15?,17-/m0/s1. The molecular weight excluding hydrogens is 428 g/mol. The highest BCUT2D eigenvalue weighted by atomic mass is 79.9. The molecule has 0 radical (unpaired) electrons. The number of piperazine rings is 1. The maximum atomic E-state index is 11.8. The van der Waals surface area contributed by atoms with Gasteiger partial charge in [-0.3, -0.25) is 4.90 Å². The summed E-state index contributed by atoms with van der Waals surface area (Å²) in [5.74, 6) is -0.287. The fourth-order valence-electron chi connectivity index (χ4n) is 4.74. The Morgan fingerprint density at radius 1 is 1.29 bits per heavy atom. The number of hydrogen-bond acceptors (Lipinski definition) is 5. The number of morpholine rings is 1. The van der Waals surface area contributed by atoms with Crippen LogP contribution in [0, 0.1) is 5.41 Å². The molecule has 3 aliphatic heterocycles. The van der Waals surface area contributed by atoms with Crippen molar-refractivity contribution in [2.45, 2.75) is 45.6 Å². The summed E-state index contributed by atoms with van der Waals surface area (Å²) < 4.78 is 12.2. The van der Waals surface area contributed by atoms with Crippen molar-refractivity contribution in [1.82, 2.24) is 9.80 Å². The summed E-state index contributed by atoms with van der Waals surface area (Å²) in [6.07, 6.45) is -1.00. The summed E-state index contributed by atoms with van der Waals surface area (Å²) in [4.78, 5) is 27.5. The first kappa shape index (κ1) is 19.7. The molecule has 1 aromatic rings. The van der Waals surface area contributed by atoms with Gasteiger partial charge in [-0.2, -0.15) is 0 Å². The average molecular weight is 453 g/mol. The third kappa shape index (κ3) is 3.21. The van der Waals surface area contributed by atoms with Gasteiger partial charge in [0.15, 0.2) is 0 Å². The molecule has 3 heterocycles. The molecule has 7 nitrogen and oxygen atoms in total. The number of carbonyl (C=O) groups is 2. The van der Waals surface area contributed by atoms with E-state index in [0.717, 1.165) is 15.6 Å². The molecule has 0 saturated carbocycles. The van der Waals surface area contributed by atoms with Crippen molar-refractivity contribution in [1.29, 1.82) is 0 Å². The predicted octanol–water partition coefficient (Wildman–Crippen LogP) is 3.27. The third-order valence-corrected chi connectivity index (χ3v) is 6.92. The fourth-order valence-corrected chi connectivity index (χ4v) is 5.45. The van der Waals surface area contributed by atoms with Crippen molar-refractivity contribution in [2.24, 2.45) is 5.41 Å². The number of benzene rings is 1. The first-order chi connectivity index (χ1) is 13.2. The lowest BCUT2D eigenvalue weighted by atomic mass is 9.79. The molecule has 3 atom stereocenters. The fraction of sp³-hybridized carbons (Fsp3) is 0.600. The average Bonchev–Trinajstić information content (AvgIpc) is 3.01. The molecular formula is C20H25BrN2O5. The Kier molecular flexibility index (Phi) is 4.92. The topological polar surface area (TPSA) is 79.3 Å². The van der Waals surface area contributed by atoms with E-state index in [-0.39, 0.29) is 36.2 Å². The zero-order valence-corrected chi connectivity index (χ0v) is 17.9. The molecule has 1 N–H and O–H groups in total. The molecule has 1 amide bonds. The maximum Gasteiger partial charge on any atom is 0.407 e. The number of esters is 1. The van der Waals surface area contributed by atoms with Gasteiger partial charge < -0.3 is 19.5 Å². The normalized spacial score (nSPS) is 27.9. The highest BCUT2D eigenvalue weighted by Crippen LogP contribution is 2.40. The molecule has 8 heteroatoms. The quantitative estimate of drug-likeness (QED) is 0.658. The molecule has 0 aromatic heterocycles. The summed E-state index contributed by atoms with van der Waals surface area (Å²) in [5, 5.41) is 9.66. The van der Waals surface area contributed by atoms with Crippen LogP contribution in [0.25, 0.3) is 0 Å². The number of rotatable bonds is 1. The minimum absolute atomic E-state index is 0.0270. The Labute approximate surface area is 172 Å². The van der Waals surface area contributed by atoms with E-state index in [9.17, 15) is 14.7 Å². The van der Waals surface area contributed by atoms with Gasteiger partial charge >= 0.3 is 12.1 Å². The zero-order chi connectivity index (χ0) is 20.2. The van der Waals surface area contributed by atoms with Crippen molar-refractivity contribution >= 4 is 28.0 Å². The Balaban J connectivity index is 1.58. The molecule has 0 aliphatic carbocycles. The molecule has 152 valence electrons. The van der Waals surface area contributed by atoms with E-state index in [1.165, 1.54) is 0 Å². The smallest absolute Gasteiger partial charge is 0.407 e. The number of carboxylic acid groups (broad SMARTS) is 1. The van der Waals surface area contributed by atoms with Gasteiger partial charge in [-0.15, -0.1) is 0 Å². The number of cyclic esters (lactones) is 1. The summed E-state index contributed by atoms with van der Waals surface area (Å²) in [5.41, 5.74) is 2.29. The van der Waals surface area contributed by atoms with Crippen LogP contribution in [0.15, 0.2) is 16.6 Å². The van der Waals surface area contributed by atoms with E-state index >= 15 is 0 Å². The van der Waals surface area contributed by atoms with E-state index in [1.54, 1.807) is 11.0 Å². The Morgan fingerprint density at radius 3 is 2.71 bits per heavy atom. The molecule has 3 aliphatic rings. The van der Waals surface area contributed by atoms with E-state index in [4.69, 9.17) is 9.47 Å². The Morgan fingerprint density at radius 2 is 2.04 bits per heavy atom. The lowest BCUT2D eigenvalue weighted by Gasteiger charge is -2.54. The van der Waals surface area contributed by atoms with Crippen LogP contribution in [0.5, 0.6) is 0 Å². The number of ether oxygens (including phenoxy) is 2. The van der Waals surface area contributed by atoms with E-state index < -0.39 is 6.09 Å². The van der Waals surface area contributed by atoms with Gasteiger partial charge in [-0.25, -0.2) is 9.59 Å². The monoisotopic (exact) mass is 452 g/mol. The molecule has 4 rings (SSSR count). The molecule has 1 aromatic carbocycles. The van der Waals surface area contributed by atoms with Gasteiger partial charge in [0, 0.05) is 29.7 Å².